The van der Waals surface area contributed by atoms with Crippen LogP contribution in [0.2, 0.25) is 0 Å². The molecule has 0 atom stereocenters. The van der Waals surface area contributed by atoms with Crippen LogP contribution in [-0.4, -0.2) is 73.1 Å². The standard InChI is InChI=1S/C18H32F2N4O2.HI/c1-18(2,3)26-17(25)24(12-13-5-6-13)14-7-9-23(10-8-14)16(21-4)22-11-15(19)20;/h13-15H,5-12H2,1-4H3,(H,21,22);1H. The predicted molar refractivity (Wildman–Crippen MR) is 113 cm³/mol. The summed E-state index contributed by atoms with van der Waals surface area (Å²) in [5.41, 5.74) is -0.513. The van der Waals surface area contributed by atoms with Gasteiger partial charge >= 0.3 is 6.09 Å². The zero-order valence-electron chi connectivity index (χ0n) is 16.7. The molecule has 1 aliphatic heterocycles. The molecular weight excluding hydrogens is 469 g/mol. The number of nitrogens with zero attached hydrogens (tertiary/aromatic N) is 3. The van der Waals surface area contributed by atoms with Crippen LogP contribution in [0.5, 0.6) is 0 Å². The Balaban J connectivity index is 0.00000364. The van der Waals surface area contributed by atoms with Gasteiger partial charge in [0.05, 0.1) is 6.54 Å². The monoisotopic (exact) mass is 502 g/mol. The molecule has 1 saturated carbocycles. The zero-order valence-corrected chi connectivity index (χ0v) is 19.0. The van der Waals surface area contributed by atoms with Gasteiger partial charge < -0.3 is 19.9 Å². The molecule has 9 heteroatoms. The molecular formula is C18H33F2IN4O2. The zero-order chi connectivity index (χ0) is 19.3. The van der Waals surface area contributed by atoms with E-state index >= 15 is 0 Å². The molecule has 1 N–H and O–H groups in total. The molecule has 1 saturated heterocycles. The minimum atomic E-state index is -2.41. The van der Waals surface area contributed by atoms with E-state index in [1.807, 2.05) is 30.6 Å². The van der Waals surface area contributed by atoms with E-state index in [9.17, 15) is 13.6 Å². The second-order valence-electron chi connectivity index (χ2n) is 8.11. The average Bonchev–Trinajstić information content (AvgIpc) is 3.36. The summed E-state index contributed by atoms with van der Waals surface area (Å²) >= 11 is 0. The molecule has 0 aromatic rings. The molecule has 0 aromatic heterocycles. The first-order valence-electron chi connectivity index (χ1n) is 9.43. The molecule has 1 heterocycles. The van der Waals surface area contributed by atoms with Crippen LogP contribution in [0.15, 0.2) is 4.99 Å². The Kier molecular flexibility index (Phi) is 9.50. The van der Waals surface area contributed by atoms with Crippen LogP contribution in [0.1, 0.15) is 46.5 Å². The number of hydrogen-bond acceptors (Lipinski definition) is 3. The molecule has 0 radical (unpaired) electrons. The number of hydrogen-bond donors (Lipinski definition) is 1. The van der Waals surface area contributed by atoms with Gasteiger partial charge in [-0.25, -0.2) is 13.6 Å². The molecule has 2 rings (SSSR count). The third kappa shape index (κ3) is 8.35. The highest BCUT2D eigenvalue weighted by Crippen LogP contribution is 2.32. The summed E-state index contributed by atoms with van der Waals surface area (Å²) in [5, 5.41) is 2.70. The fourth-order valence-corrected chi connectivity index (χ4v) is 3.16. The summed E-state index contributed by atoms with van der Waals surface area (Å²) < 4.78 is 30.4. The predicted octanol–water partition coefficient (Wildman–Crippen LogP) is 3.56. The van der Waals surface area contributed by atoms with Crippen molar-refractivity contribution in [1.82, 2.24) is 15.1 Å². The largest absolute Gasteiger partial charge is 0.444 e. The first-order valence-corrected chi connectivity index (χ1v) is 9.43. The topological polar surface area (TPSA) is 57.2 Å². The Hall–Kier alpha value is -0.870. The Morgan fingerprint density at radius 1 is 1.26 bits per heavy atom. The lowest BCUT2D eigenvalue weighted by molar-refractivity contribution is 0.00923. The first-order chi connectivity index (χ1) is 12.2. The van der Waals surface area contributed by atoms with Crippen LogP contribution < -0.4 is 5.32 Å². The molecule has 1 amide bonds. The van der Waals surface area contributed by atoms with Gasteiger partial charge in [0, 0.05) is 32.7 Å². The minimum Gasteiger partial charge on any atom is -0.444 e. The summed E-state index contributed by atoms with van der Waals surface area (Å²) in [6.07, 6.45) is 1.24. The van der Waals surface area contributed by atoms with E-state index in [-0.39, 0.29) is 36.1 Å². The number of amides is 1. The Morgan fingerprint density at radius 3 is 2.30 bits per heavy atom. The van der Waals surface area contributed by atoms with Crippen molar-refractivity contribution < 1.29 is 18.3 Å². The average molecular weight is 502 g/mol. The van der Waals surface area contributed by atoms with Gasteiger partial charge in [-0.1, -0.05) is 0 Å². The molecule has 0 bridgehead atoms. The van der Waals surface area contributed by atoms with E-state index in [1.54, 1.807) is 7.05 Å². The molecule has 27 heavy (non-hydrogen) atoms. The number of rotatable bonds is 5. The van der Waals surface area contributed by atoms with Gasteiger partial charge in [-0.15, -0.1) is 24.0 Å². The number of aliphatic imine (C=N–C) groups is 1. The molecule has 6 nitrogen and oxygen atoms in total. The quantitative estimate of drug-likeness (QED) is 0.355. The number of ether oxygens (including phenoxy) is 1. The lowest BCUT2D eigenvalue weighted by atomic mass is 10.0. The van der Waals surface area contributed by atoms with E-state index in [2.05, 4.69) is 10.3 Å². The Morgan fingerprint density at radius 2 is 1.85 bits per heavy atom. The van der Waals surface area contributed by atoms with Crippen molar-refractivity contribution in [2.24, 2.45) is 10.9 Å². The fourth-order valence-electron chi connectivity index (χ4n) is 3.16. The van der Waals surface area contributed by atoms with Crippen molar-refractivity contribution in [3.05, 3.63) is 0 Å². The second kappa shape index (κ2) is 10.6. The van der Waals surface area contributed by atoms with Crippen LogP contribution in [0.4, 0.5) is 13.6 Å². The number of piperidine rings is 1. The summed E-state index contributed by atoms with van der Waals surface area (Å²) in [6, 6.07) is 0.120. The van der Waals surface area contributed by atoms with Crippen molar-refractivity contribution in [3.63, 3.8) is 0 Å². The van der Waals surface area contributed by atoms with E-state index < -0.39 is 18.6 Å². The summed E-state index contributed by atoms with van der Waals surface area (Å²) in [4.78, 5) is 20.6. The first kappa shape index (κ1) is 24.2. The number of alkyl halides is 2. The van der Waals surface area contributed by atoms with Gasteiger partial charge in [0.25, 0.3) is 6.43 Å². The summed E-state index contributed by atoms with van der Waals surface area (Å²) in [6.45, 7) is 7.33. The van der Waals surface area contributed by atoms with E-state index in [1.165, 1.54) is 12.8 Å². The maximum absolute atomic E-state index is 12.6. The third-order valence-corrected chi connectivity index (χ3v) is 4.61. The number of halogens is 3. The van der Waals surface area contributed by atoms with Gasteiger partial charge in [-0.2, -0.15) is 0 Å². The highest BCUT2D eigenvalue weighted by atomic mass is 127. The van der Waals surface area contributed by atoms with Gasteiger partial charge in [0.2, 0.25) is 0 Å². The minimum absolute atomic E-state index is 0. The fraction of sp³-hybridized carbons (Fsp3) is 0.889. The maximum Gasteiger partial charge on any atom is 0.410 e. The number of likely N-dealkylation sites (tertiary alicyclic amines) is 1. The Bertz CT molecular complexity index is 502. The van der Waals surface area contributed by atoms with Crippen LogP contribution >= 0.6 is 24.0 Å². The molecule has 2 fully saturated rings. The summed E-state index contributed by atoms with van der Waals surface area (Å²) in [5.74, 6) is 1.08. The highest BCUT2D eigenvalue weighted by molar-refractivity contribution is 14.0. The van der Waals surface area contributed by atoms with Crippen molar-refractivity contribution in [2.75, 3.05) is 33.2 Å². The van der Waals surface area contributed by atoms with Gasteiger partial charge in [0.15, 0.2) is 5.96 Å². The molecule has 2 aliphatic rings. The van der Waals surface area contributed by atoms with Crippen molar-refractivity contribution in [3.8, 4) is 0 Å². The number of nitrogens with one attached hydrogen (secondary N) is 1. The second-order valence-corrected chi connectivity index (χ2v) is 8.11. The van der Waals surface area contributed by atoms with Crippen LogP contribution in [0, 0.1) is 5.92 Å². The lowest BCUT2D eigenvalue weighted by Gasteiger charge is -2.40. The van der Waals surface area contributed by atoms with Gasteiger partial charge in [-0.05, 0) is 52.4 Å². The van der Waals surface area contributed by atoms with Crippen LogP contribution in [-0.2, 0) is 4.74 Å². The smallest absolute Gasteiger partial charge is 0.410 e. The van der Waals surface area contributed by atoms with E-state index in [0.29, 0.717) is 25.0 Å². The van der Waals surface area contributed by atoms with Crippen molar-refractivity contribution >= 4 is 36.0 Å². The number of carbonyl (C=O) groups excluding carboxylic acids is 1. The van der Waals surface area contributed by atoms with Crippen molar-refractivity contribution in [1.29, 1.82) is 0 Å². The maximum atomic E-state index is 12.6. The number of carbonyl (C=O) groups is 1. The van der Waals surface area contributed by atoms with Gasteiger partial charge in [-0.3, -0.25) is 4.99 Å². The van der Waals surface area contributed by atoms with Crippen LogP contribution in [0.3, 0.4) is 0 Å². The molecule has 0 aromatic carbocycles. The lowest BCUT2D eigenvalue weighted by Crippen LogP contribution is -2.53. The van der Waals surface area contributed by atoms with Crippen LogP contribution in [0.25, 0.3) is 0 Å². The molecule has 0 spiro atoms. The molecule has 0 unspecified atom stereocenters. The van der Waals surface area contributed by atoms with E-state index in [0.717, 1.165) is 19.4 Å². The highest BCUT2D eigenvalue weighted by Gasteiger charge is 2.35. The summed E-state index contributed by atoms with van der Waals surface area (Å²) in [7, 11) is 1.60. The van der Waals surface area contributed by atoms with Gasteiger partial charge in [0.1, 0.15) is 5.60 Å². The SMILES string of the molecule is CN=C(NCC(F)F)N1CCC(N(CC2CC2)C(=O)OC(C)(C)C)CC1.I. The number of guanidine groups is 1. The molecule has 158 valence electrons. The molecule has 1 aliphatic carbocycles. The van der Waals surface area contributed by atoms with E-state index in [4.69, 9.17) is 4.74 Å². The normalized spacial score (nSPS) is 18.9. The van der Waals surface area contributed by atoms with Crippen molar-refractivity contribution in [2.45, 2.75) is 64.5 Å². The third-order valence-electron chi connectivity index (χ3n) is 4.61. The Labute approximate surface area is 178 Å².